The number of hydrogen-bond donors (Lipinski definition) is 0. The van der Waals surface area contributed by atoms with Crippen LogP contribution in [0.4, 0.5) is 0 Å². The van der Waals surface area contributed by atoms with E-state index in [-0.39, 0.29) is 11.9 Å². The smallest absolute Gasteiger partial charge is 0.255 e. The molecule has 124 valence electrons. The van der Waals surface area contributed by atoms with Crippen LogP contribution < -0.4 is 0 Å². The number of carbonyl (C=O) groups is 1. The van der Waals surface area contributed by atoms with Gasteiger partial charge in [0, 0.05) is 10.1 Å². The van der Waals surface area contributed by atoms with Gasteiger partial charge >= 0.3 is 0 Å². The molecule has 3 aromatic carbocycles. The molecule has 2 nitrogen and oxygen atoms in total. The van der Waals surface area contributed by atoms with Gasteiger partial charge in [0.1, 0.15) is 0 Å². The molecule has 1 heterocycles. The van der Waals surface area contributed by atoms with E-state index in [0.29, 0.717) is 0 Å². The van der Waals surface area contributed by atoms with Crippen LogP contribution >= 0.6 is 22.6 Å². The number of fused-ring (bicyclic) bond motifs is 1. The summed E-state index contributed by atoms with van der Waals surface area (Å²) in [6.07, 6.45) is 0.897. The van der Waals surface area contributed by atoms with Gasteiger partial charge in [-0.3, -0.25) is 4.79 Å². The zero-order valence-corrected chi connectivity index (χ0v) is 15.9. The zero-order valence-electron chi connectivity index (χ0n) is 13.7. The van der Waals surface area contributed by atoms with Crippen LogP contribution in [-0.2, 0) is 6.42 Å². The molecule has 3 aromatic rings. The number of rotatable bonds is 2. The van der Waals surface area contributed by atoms with Gasteiger partial charge in [-0.05, 0) is 57.8 Å². The second-order valence-corrected chi connectivity index (χ2v) is 7.40. The van der Waals surface area contributed by atoms with Gasteiger partial charge in [-0.1, -0.05) is 66.7 Å². The van der Waals surface area contributed by atoms with E-state index in [1.807, 2.05) is 47.4 Å². The molecule has 1 aliphatic rings. The minimum Gasteiger partial charge on any atom is -0.327 e. The van der Waals surface area contributed by atoms with Crippen LogP contribution in [0.3, 0.4) is 0 Å². The molecule has 0 spiro atoms. The quantitative estimate of drug-likeness (QED) is 0.510. The molecule has 1 atom stereocenters. The highest BCUT2D eigenvalue weighted by Crippen LogP contribution is 2.36. The molecule has 25 heavy (non-hydrogen) atoms. The molecule has 0 aromatic heterocycles. The van der Waals surface area contributed by atoms with Crippen molar-refractivity contribution in [3.8, 4) is 0 Å². The molecule has 1 unspecified atom stereocenters. The first-order valence-electron chi connectivity index (χ1n) is 8.44. The molecule has 0 aliphatic carbocycles. The Morgan fingerprint density at radius 2 is 1.56 bits per heavy atom. The van der Waals surface area contributed by atoms with Crippen molar-refractivity contribution < 1.29 is 4.79 Å². The van der Waals surface area contributed by atoms with E-state index in [1.54, 1.807) is 0 Å². The molecule has 0 fully saturated rings. The highest BCUT2D eigenvalue weighted by molar-refractivity contribution is 14.1. The molecular formula is C22H18INO. The van der Waals surface area contributed by atoms with Gasteiger partial charge in [-0.15, -0.1) is 0 Å². The summed E-state index contributed by atoms with van der Waals surface area (Å²) < 4.78 is 0.996. The monoisotopic (exact) mass is 439 g/mol. The fraction of sp³-hybridized carbons (Fsp3) is 0.136. The van der Waals surface area contributed by atoms with Crippen molar-refractivity contribution in [2.24, 2.45) is 0 Å². The SMILES string of the molecule is O=C(c1ccccc1I)N1CCc2ccccc2C1c1ccccc1. The summed E-state index contributed by atoms with van der Waals surface area (Å²) in [4.78, 5) is 15.4. The van der Waals surface area contributed by atoms with Crippen LogP contribution in [0.5, 0.6) is 0 Å². The van der Waals surface area contributed by atoms with Crippen LogP contribution in [0.1, 0.15) is 33.1 Å². The van der Waals surface area contributed by atoms with Crippen molar-refractivity contribution in [3.63, 3.8) is 0 Å². The van der Waals surface area contributed by atoms with Gasteiger partial charge in [-0.25, -0.2) is 0 Å². The second-order valence-electron chi connectivity index (χ2n) is 6.24. The lowest BCUT2D eigenvalue weighted by Crippen LogP contribution is -2.40. The predicted octanol–water partition coefficient (Wildman–Crippen LogP) is 5.08. The highest BCUT2D eigenvalue weighted by atomic mass is 127. The second kappa shape index (κ2) is 7.00. The Labute approximate surface area is 161 Å². The van der Waals surface area contributed by atoms with E-state index in [1.165, 1.54) is 11.1 Å². The summed E-state index contributed by atoms with van der Waals surface area (Å²) in [7, 11) is 0. The minimum absolute atomic E-state index is 0.0327. The summed E-state index contributed by atoms with van der Waals surface area (Å²) in [5.74, 6) is 0.105. The molecule has 1 aliphatic heterocycles. The average molecular weight is 439 g/mol. The Balaban J connectivity index is 1.82. The van der Waals surface area contributed by atoms with E-state index in [9.17, 15) is 4.79 Å². The summed E-state index contributed by atoms with van der Waals surface area (Å²) in [6.45, 7) is 0.736. The van der Waals surface area contributed by atoms with E-state index >= 15 is 0 Å². The summed E-state index contributed by atoms with van der Waals surface area (Å²) >= 11 is 2.25. The van der Waals surface area contributed by atoms with Crippen molar-refractivity contribution in [3.05, 3.63) is 105 Å². The molecule has 4 rings (SSSR count). The Kier molecular flexibility index (Phi) is 4.57. The standard InChI is InChI=1S/C22H18INO/c23-20-13-7-6-12-19(20)22(25)24-15-14-16-8-4-5-11-18(16)21(24)17-9-2-1-3-10-17/h1-13,21H,14-15H2. The lowest BCUT2D eigenvalue weighted by Gasteiger charge is -2.38. The Morgan fingerprint density at radius 3 is 2.36 bits per heavy atom. The Hall–Kier alpha value is -2.14. The average Bonchev–Trinajstić information content (AvgIpc) is 2.67. The maximum absolute atomic E-state index is 13.3. The summed E-state index contributed by atoms with van der Waals surface area (Å²) in [6, 6.07) is 26.6. The fourth-order valence-electron chi connectivity index (χ4n) is 3.57. The van der Waals surface area contributed by atoms with Gasteiger partial charge in [0.15, 0.2) is 0 Å². The fourth-order valence-corrected chi connectivity index (χ4v) is 4.19. The molecule has 1 amide bonds. The number of amides is 1. The Bertz CT molecular complexity index is 907. The molecule has 0 radical (unpaired) electrons. The molecule has 0 saturated heterocycles. The van der Waals surface area contributed by atoms with E-state index in [0.717, 1.165) is 27.7 Å². The maximum Gasteiger partial charge on any atom is 0.255 e. The van der Waals surface area contributed by atoms with Crippen molar-refractivity contribution in [1.29, 1.82) is 0 Å². The number of benzene rings is 3. The van der Waals surface area contributed by atoms with Gasteiger partial charge < -0.3 is 4.90 Å². The van der Waals surface area contributed by atoms with Crippen molar-refractivity contribution in [1.82, 2.24) is 4.90 Å². The van der Waals surface area contributed by atoms with E-state index in [2.05, 4.69) is 59.0 Å². The summed E-state index contributed by atoms with van der Waals surface area (Å²) in [5, 5.41) is 0. The van der Waals surface area contributed by atoms with Crippen molar-refractivity contribution >= 4 is 28.5 Å². The van der Waals surface area contributed by atoms with Gasteiger partial charge in [0.25, 0.3) is 5.91 Å². The van der Waals surface area contributed by atoms with Gasteiger partial charge in [-0.2, -0.15) is 0 Å². The lowest BCUT2D eigenvalue weighted by atomic mass is 9.88. The van der Waals surface area contributed by atoms with Crippen molar-refractivity contribution in [2.45, 2.75) is 12.5 Å². The van der Waals surface area contributed by atoms with Gasteiger partial charge in [0.2, 0.25) is 0 Å². The highest BCUT2D eigenvalue weighted by Gasteiger charge is 2.32. The lowest BCUT2D eigenvalue weighted by molar-refractivity contribution is 0.0693. The molecule has 0 saturated carbocycles. The normalized spacial score (nSPS) is 16.4. The van der Waals surface area contributed by atoms with Crippen molar-refractivity contribution in [2.75, 3.05) is 6.54 Å². The van der Waals surface area contributed by atoms with Crippen LogP contribution in [0.15, 0.2) is 78.9 Å². The number of halogens is 1. The first-order valence-corrected chi connectivity index (χ1v) is 9.52. The Morgan fingerprint density at radius 1 is 0.880 bits per heavy atom. The van der Waals surface area contributed by atoms with E-state index < -0.39 is 0 Å². The van der Waals surface area contributed by atoms with Gasteiger partial charge in [0.05, 0.1) is 11.6 Å². The predicted molar refractivity (Wildman–Crippen MR) is 109 cm³/mol. The minimum atomic E-state index is -0.0327. The first-order chi connectivity index (χ1) is 12.3. The zero-order chi connectivity index (χ0) is 17.2. The molecular weight excluding hydrogens is 421 g/mol. The molecule has 3 heteroatoms. The van der Waals surface area contributed by atoms with Crippen LogP contribution in [0, 0.1) is 3.57 Å². The number of hydrogen-bond acceptors (Lipinski definition) is 1. The van der Waals surface area contributed by atoms with Crippen LogP contribution in [0.2, 0.25) is 0 Å². The van der Waals surface area contributed by atoms with E-state index in [4.69, 9.17) is 0 Å². The number of nitrogens with zero attached hydrogens (tertiary/aromatic N) is 1. The molecule has 0 bridgehead atoms. The third-order valence-electron chi connectivity index (χ3n) is 4.76. The maximum atomic E-state index is 13.3. The largest absolute Gasteiger partial charge is 0.327 e. The summed E-state index contributed by atoms with van der Waals surface area (Å²) in [5.41, 5.74) is 4.51. The topological polar surface area (TPSA) is 20.3 Å². The number of carbonyl (C=O) groups excluding carboxylic acids is 1. The molecule has 0 N–H and O–H groups in total. The first kappa shape index (κ1) is 16.3. The van der Waals surface area contributed by atoms with Crippen LogP contribution in [-0.4, -0.2) is 17.4 Å². The van der Waals surface area contributed by atoms with Crippen LogP contribution in [0.25, 0.3) is 0 Å². The third-order valence-corrected chi connectivity index (χ3v) is 5.70. The third kappa shape index (κ3) is 3.09.